The van der Waals surface area contributed by atoms with E-state index in [2.05, 4.69) is 21.0 Å². The number of carboxylic acid groups (broad SMARTS) is 1. The average molecular weight is 339 g/mol. The Morgan fingerprint density at radius 2 is 2.10 bits per heavy atom. The summed E-state index contributed by atoms with van der Waals surface area (Å²) in [5, 5.41) is 13.5. The molecule has 1 N–H and O–H groups in total. The van der Waals surface area contributed by atoms with Gasteiger partial charge in [0.25, 0.3) is 0 Å². The molecule has 3 rings (SSSR count). The van der Waals surface area contributed by atoms with Crippen molar-refractivity contribution in [2.24, 2.45) is 0 Å². The van der Waals surface area contributed by atoms with Gasteiger partial charge in [0.15, 0.2) is 5.69 Å². The lowest BCUT2D eigenvalue weighted by atomic mass is 9.95. The topological polar surface area (TPSA) is 55.1 Å². The molecule has 0 atom stereocenters. The Kier molecular flexibility index (Phi) is 3.33. The van der Waals surface area contributed by atoms with E-state index < -0.39 is 5.97 Å². The molecule has 0 unspecified atom stereocenters. The van der Waals surface area contributed by atoms with Gasteiger partial charge in [-0.1, -0.05) is 0 Å². The van der Waals surface area contributed by atoms with Crippen molar-refractivity contribution in [2.45, 2.75) is 25.7 Å². The smallest absolute Gasteiger partial charge is 0.356 e. The SMILES string of the molecule is O=C(O)c1nn(-c2ccc(F)c(Br)c2)c2c1CCCC2. The zero-order chi connectivity index (χ0) is 14.3. The lowest BCUT2D eigenvalue weighted by Gasteiger charge is -2.14. The van der Waals surface area contributed by atoms with Gasteiger partial charge in [-0.25, -0.2) is 13.9 Å². The van der Waals surface area contributed by atoms with Gasteiger partial charge in [0.05, 0.1) is 10.2 Å². The maximum atomic E-state index is 13.3. The van der Waals surface area contributed by atoms with Gasteiger partial charge in [0.1, 0.15) is 5.82 Å². The van der Waals surface area contributed by atoms with Crippen LogP contribution in [0.25, 0.3) is 5.69 Å². The van der Waals surface area contributed by atoms with E-state index in [0.29, 0.717) is 10.2 Å². The summed E-state index contributed by atoms with van der Waals surface area (Å²) in [7, 11) is 0. The van der Waals surface area contributed by atoms with Crippen LogP contribution < -0.4 is 0 Å². The summed E-state index contributed by atoms with van der Waals surface area (Å²) in [4.78, 5) is 11.3. The van der Waals surface area contributed by atoms with Gasteiger partial charge < -0.3 is 5.11 Å². The van der Waals surface area contributed by atoms with Gasteiger partial charge in [0.2, 0.25) is 0 Å². The first kappa shape index (κ1) is 13.3. The number of benzene rings is 1. The highest BCUT2D eigenvalue weighted by atomic mass is 79.9. The normalized spacial score (nSPS) is 14.1. The fraction of sp³-hybridized carbons (Fsp3) is 0.286. The number of aromatic carboxylic acids is 1. The van der Waals surface area contributed by atoms with Crippen LogP contribution in [-0.2, 0) is 12.8 Å². The van der Waals surface area contributed by atoms with E-state index in [4.69, 9.17) is 0 Å². The Labute approximate surface area is 123 Å². The van der Waals surface area contributed by atoms with Crippen molar-refractivity contribution in [1.82, 2.24) is 9.78 Å². The molecule has 1 aliphatic carbocycles. The Morgan fingerprint density at radius 1 is 1.35 bits per heavy atom. The summed E-state index contributed by atoms with van der Waals surface area (Å²) < 4.78 is 15.3. The Bertz CT molecular complexity index is 697. The van der Waals surface area contributed by atoms with Crippen LogP contribution >= 0.6 is 15.9 Å². The molecule has 0 amide bonds. The summed E-state index contributed by atoms with van der Waals surface area (Å²) in [5.74, 6) is -1.36. The minimum absolute atomic E-state index is 0.111. The Morgan fingerprint density at radius 3 is 2.80 bits per heavy atom. The molecule has 20 heavy (non-hydrogen) atoms. The number of nitrogens with zero attached hydrogens (tertiary/aromatic N) is 2. The van der Waals surface area contributed by atoms with E-state index in [1.54, 1.807) is 16.8 Å². The van der Waals surface area contributed by atoms with E-state index in [9.17, 15) is 14.3 Å². The summed E-state index contributed by atoms with van der Waals surface area (Å²) in [5.41, 5.74) is 2.51. The highest BCUT2D eigenvalue weighted by Gasteiger charge is 2.25. The number of rotatable bonds is 2. The predicted molar refractivity (Wildman–Crippen MR) is 74.8 cm³/mol. The van der Waals surface area contributed by atoms with Crippen molar-refractivity contribution < 1.29 is 14.3 Å². The van der Waals surface area contributed by atoms with Crippen molar-refractivity contribution in [3.8, 4) is 5.69 Å². The molecule has 2 aromatic rings. The third-order valence-electron chi connectivity index (χ3n) is 3.53. The van der Waals surface area contributed by atoms with Crippen LogP contribution in [0.1, 0.15) is 34.6 Å². The highest BCUT2D eigenvalue weighted by Crippen LogP contribution is 2.28. The first-order valence-electron chi connectivity index (χ1n) is 6.37. The number of halogens is 2. The third kappa shape index (κ3) is 2.14. The largest absolute Gasteiger partial charge is 0.476 e. The molecule has 0 fully saturated rings. The summed E-state index contributed by atoms with van der Waals surface area (Å²) in [6.07, 6.45) is 3.52. The monoisotopic (exact) mass is 338 g/mol. The lowest BCUT2D eigenvalue weighted by molar-refractivity contribution is 0.0688. The molecule has 104 valence electrons. The predicted octanol–water partition coefficient (Wildman–Crippen LogP) is 3.35. The average Bonchev–Trinajstić information content (AvgIpc) is 2.82. The number of hydrogen-bond donors (Lipinski definition) is 1. The van der Waals surface area contributed by atoms with E-state index in [1.807, 2.05) is 0 Å². The standard InChI is InChI=1S/C14H12BrFN2O2/c15-10-7-8(5-6-11(10)16)18-12-4-2-1-3-9(12)13(17-18)14(19)20/h5-7H,1-4H2,(H,19,20). The van der Waals surface area contributed by atoms with E-state index in [0.717, 1.165) is 36.9 Å². The fourth-order valence-corrected chi connectivity index (χ4v) is 2.97. The summed E-state index contributed by atoms with van der Waals surface area (Å²) >= 11 is 3.14. The van der Waals surface area contributed by atoms with E-state index in [1.165, 1.54) is 6.07 Å². The van der Waals surface area contributed by atoms with Crippen molar-refractivity contribution in [1.29, 1.82) is 0 Å². The lowest BCUT2D eigenvalue weighted by Crippen LogP contribution is -2.08. The van der Waals surface area contributed by atoms with Crippen molar-refractivity contribution >= 4 is 21.9 Å². The molecule has 0 bridgehead atoms. The molecule has 0 saturated carbocycles. The van der Waals surface area contributed by atoms with Crippen LogP contribution in [0.3, 0.4) is 0 Å². The molecule has 1 aliphatic rings. The molecular weight excluding hydrogens is 327 g/mol. The van der Waals surface area contributed by atoms with Gasteiger partial charge in [-0.3, -0.25) is 0 Å². The quantitative estimate of drug-likeness (QED) is 0.913. The second-order valence-corrected chi connectivity index (χ2v) is 5.65. The van der Waals surface area contributed by atoms with E-state index >= 15 is 0 Å². The van der Waals surface area contributed by atoms with Crippen LogP contribution in [0, 0.1) is 5.82 Å². The van der Waals surface area contributed by atoms with Gasteiger partial charge >= 0.3 is 5.97 Å². The molecule has 4 nitrogen and oxygen atoms in total. The molecular formula is C14H12BrFN2O2. The van der Waals surface area contributed by atoms with E-state index in [-0.39, 0.29) is 11.5 Å². The fourth-order valence-electron chi connectivity index (χ4n) is 2.60. The Hall–Kier alpha value is -1.69. The number of hydrogen-bond acceptors (Lipinski definition) is 2. The van der Waals surface area contributed by atoms with Gasteiger partial charge in [-0.15, -0.1) is 0 Å². The maximum absolute atomic E-state index is 13.3. The van der Waals surface area contributed by atoms with Crippen LogP contribution in [-0.4, -0.2) is 20.9 Å². The van der Waals surface area contributed by atoms with Gasteiger partial charge in [-0.05, 0) is 59.8 Å². The minimum Gasteiger partial charge on any atom is -0.476 e. The second kappa shape index (κ2) is 5.01. The molecule has 0 spiro atoms. The molecule has 1 aromatic carbocycles. The molecule has 1 aromatic heterocycles. The van der Waals surface area contributed by atoms with Crippen LogP contribution in [0.5, 0.6) is 0 Å². The first-order chi connectivity index (χ1) is 9.58. The van der Waals surface area contributed by atoms with Gasteiger partial charge in [0, 0.05) is 11.3 Å². The van der Waals surface area contributed by atoms with Crippen LogP contribution in [0.4, 0.5) is 4.39 Å². The van der Waals surface area contributed by atoms with Crippen molar-refractivity contribution in [3.05, 3.63) is 45.4 Å². The molecule has 1 heterocycles. The number of fused-ring (bicyclic) bond motifs is 1. The summed E-state index contributed by atoms with van der Waals surface area (Å²) in [6, 6.07) is 4.56. The first-order valence-corrected chi connectivity index (χ1v) is 7.16. The second-order valence-electron chi connectivity index (χ2n) is 4.80. The van der Waals surface area contributed by atoms with Crippen LogP contribution in [0.15, 0.2) is 22.7 Å². The number of carboxylic acids is 1. The third-order valence-corrected chi connectivity index (χ3v) is 4.14. The molecule has 0 saturated heterocycles. The molecule has 0 aliphatic heterocycles. The van der Waals surface area contributed by atoms with Crippen molar-refractivity contribution in [2.75, 3.05) is 0 Å². The molecule has 0 radical (unpaired) electrons. The zero-order valence-electron chi connectivity index (χ0n) is 10.6. The minimum atomic E-state index is -1.01. The summed E-state index contributed by atoms with van der Waals surface area (Å²) in [6.45, 7) is 0. The molecule has 6 heteroatoms. The maximum Gasteiger partial charge on any atom is 0.356 e. The number of aromatic nitrogens is 2. The zero-order valence-corrected chi connectivity index (χ0v) is 12.2. The van der Waals surface area contributed by atoms with Gasteiger partial charge in [-0.2, -0.15) is 5.10 Å². The highest BCUT2D eigenvalue weighted by molar-refractivity contribution is 9.10. The van der Waals surface area contributed by atoms with Crippen LogP contribution in [0.2, 0.25) is 0 Å². The van der Waals surface area contributed by atoms with Crippen molar-refractivity contribution in [3.63, 3.8) is 0 Å². The number of carbonyl (C=O) groups is 1. The Balaban J connectivity index is 2.18.